The Balaban J connectivity index is 1.89. The van der Waals surface area contributed by atoms with E-state index < -0.39 is 77.2 Å². The van der Waals surface area contributed by atoms with Crippen LogP contribution in [0.1, 0.15) is 123 Å². The van der Waals surface area contributed by atoms with Crippen LogP contribution in [0, 0.1) is 17.8 Å². The topological polar surface area (TPSA) is 155 Å². The molecule has 13 heteroatoms. The maximum absolute atomic E-state index is 14.0. The van der Waals surface area contributed by atoms with Crippen LogP contribution in [-0.4, -0.2) is 84.5 Å². The van der Waals surface area contributed by atoms with Crippen molar-refractivity contribution in [3.63, 3.8) is 0 Å². The number of Topliss-reactive ketones (excluding diaryl/α,β-unsaturated/α-hetero) is 3. The van der Waals surface area contributed by atoms with Gasteiger partial charge in [-0.05, 0) is 75.0 Å². The maximum atomic E-state index is 14.0. The lowest BCUT2D eigenvalue weighted by Gasteiger charge is -2.56. The molecule has 3 rings (SSSR count). The molecule has 1 aromatic carbocycles. The standard InChI is InChI=1S/C44H63BN2O10/c1-10-13-23-56-41(52)33(24-29(4)31-17-15-14-16-18-31)36(48)25-34(40(51)54-8)37(49)26-35(42(53)55-9)45-28-39(32-19-21-46-22-20-32)57-47-43(6,11-2)27-38(50)30(5)44(47,7)12-3/h14-22,29-30,33-35,39,45H,10-13,23-28H2,1-9H3. The third-order valence-corrected chi connectivity index (χ3v) is 12.1. The Morgan fingerprint density at radius 2 is 1.49 bits per heavy atom. The first kappa shape index (κ1) is 47.2. The highest BCUT2D eigenvalue weighted by Crippen LogP contribution is 2.46. The van der Waals surface area contributed by atoms with Gasteiger partial charge in [0.05, 0.1) is 38.0 Å². The van der Waals surface area contributed by atoms with Gasteiger partial charge in [-0.1, -0.05) is 71.4 Å². The minimum Gasteiger partial charge on any atom is -0.469 e. The van der Waals surface area contributed by atoms with Crippen LogP contribution in [0.15, 0.2) is 54.9 Å². The van der Waals surface area contributed by atoms with E-state index >= 15 is 0 Å². The molecule has 1 saturated heterocycles. The van der Waals surface area contributed by atoms with E-state index in [2.05, 4.69) is 4.98 Å². The molecule has 0 aliphatic carbocycles. The Kier molecular flexibility index (Phi) is 18.3. The lowest BCUT2D eigenvalue weighted by atomic mass is 9.58. The van der Waals surface area contributed by atoms with Gasteiger partial charge in [-0.25, -0.2) is 0 Å². The fourth-order valence-corrected chi connectivity index (χ4v) is 7.76. The Hall–Kier alpha value is -4.23. The number of nitrogens with zero attached hydrogens (tertiary/aromatic N) is 2. The molecule has 12 nitrogen and oxygen atoms in total. The molecule has 57 heavy (non-hydrogen) atoms. The van der Waals surface area contributed by atoms with Crippen LogP contribution in [0.5, 0.6) is 0 Å². The first-order valence-electron chi connectivity index (χ1n) is 20.4. The number of benzene rings is 1. The number of piperidine rings is 1. The van der Waals surface area contributed by atoms with Crippen molar-refractivity contribution in [1.82, 2.24) is 10.0 Å². The van der Waals surface area contributed by atoms with E-state index in [4.69, 9.17) is 19.0 Å². The predicted octanol–water partition coefficient (Wildman–Crippen LogP) is 6.98. The minimum absolute atomic E-state index is 0.120. The fraction of sp³-hybridized carbons (Fsp3) is 0.614. The Morgan fingerprint density at radius 3 is 2.07 bits per heavy atom. The number of ether oxygens (including phenoxy) is 3. The summed E-state index contributed by atoms with van der Waals surface area (Å²) in [5.41, 5.74) is 0.495. The Bertz CT molecular complexity index is 1660. The number of hydrogen-bond acceptors (Lipinski definition) is 12. The summed E-state index contributed by atoms with van der Waals surface area (Å²) in [6, 6.07) is 13.1. The van der Waals surface area contributed by atoms with E-state index in [9.17, 15) is 28.8 Å². The molecule has 0 N–H and O–H groups in total. The summed E-state index contributed by atoms with van der Waals surface area (Å²) < 4.78 is 15.6. The molecule has 0 saturated carbocycles. The number of rotatable bonds is 23. The third kappa shape index (κ3) is 12.1. The summed E-state index contributed by atoms with van der Waals surface area (Å²) in [6.45, 7) is 14.1. The molecular formula is C44H63BN2O10. The average Bonchev–Trinajstić information content (AvgIpc) is 3.22. The largest absolute Gasteiger partial charge is 0.469 e. The van der Waals surface area contributed by atoms with E-state index in [-0.39, 0.29) is 44.2 Å². The fourth-order valence-electron chi connectivity index (χ4n) is 7.76. The van der Waals surface area contributed by atoms with Gasteiger partial charge in [0, 0.05) is 43.4 Å². The molecule has 0 radical (unpaired) electrons. The van der Waals surface area contributed by atoms with Crippen molar-refractivity contribution in [2.45, 2.75) is 135 Å². The first-order chi connectivity index (χ1) is 27.1. The molecule has 1 aromatic heterocycles. The van der Waals surface area contributed by atoms with Gasteiger partial charge in [-0.15, -0.1) is 0 Å². The molecule has 1 fully saturated rings. The monoisotopic (exact) mass is 790 g/mol. The summed E-state index contributed by atoms with van der Waals surface area (Å²) in [7, 11) is 2.48. The van der Waals surface area contributed by atoms with E-state index in [0.717, 1.165) is 24.7 Å². The second-order valence-corrected chi connectivity index (χ2v) is 15.9. The van der Waals surface area contributed by atoms with Gasteiger partial charge in [-0.3, -0.25) is 38.6 Å². The molecule has 0 bridgehead atoms. The molecule has 2 aromatic rings. The number of hydrogen-bond donors (Lipinski definition) is 0. The van der Waals surface area contributed by atoms with E-state index in [1.54, 1.807) is 12.4 Å². The van der Waals surface area contributed by atoms with Gasteiger partial charge >= 0.3 is 17.9 Å². The van der Waals surface area contributed by atoms with E-state index in [1.807, 2.05) is 96.0 Å². The van der Waals surface area contributed by atoms with Crippen molar-refractivity contribution in [3.8, 4) is 0 Å². The second kappa shape index (κ2) is 22.1. The molecule has 0 spiro atoms. The van der Waals surface area contributed by atoms with Gasteiger partial charge < -0.3 is 14.2 Å². The van der Waals surface area contributed by atoms with Gasteiger partial charge in [0.2, 0.25) is 0 Å². The Morgan fingerprint density at radius 1 is 0.860 bits per heavy atom. The van der Waals surface area contributed by atoms with Crippen molar-refractivity contribution in [1.29, 1.82) is 0 Å². The summed E-state index contributed by atoms with van der Waals surface area (Å²) in [6.07, 6.45) is 5.11. The van der Waals surface area contributed by atoms with Crippen molar-refractivity contribution in [3.05, 3.63) is 66.0 Å². The summed E-state index contributed by atoms with van der Waals surface area (Å²) >= 11 is 0. The number of ketones is 3. The summed E-state index contributed by atoms with van der Waals surface area (Å²) in [5.74, 6) is -7.68. The number of pyridine rings is 1. The zero-order valence-electron chi connectivity index (χ0n) is 35.4. The van der Waals surface area contributed by atoms with Crippen LogP contribution in [0.2, 0.25) is 12.1 Å². The van der Waals surface area contributed by atoms with Gasteiger partial charge in [0.25, 0.3) is 0 Å². The highest BCUT2D eigenvalue weighted by atomic mass is 16.7. The zero-order chi connectivity index (χ0) is 42.3. The number of carbonyl (C=O) groups is 6. The molecular weight excluding hydrogens is 727 g/mol. The van der Waals surface area contributed by atoms with Crippen LogP contribution < -0.4 is 0 Å². The number of hydroxylamine groups is 2. The lowest BCUT2D eigenvalue weighted by molar-refractivity contribution is -0.315. The van der Waals surface area contributed by atoms with E-state index in [0.29, 0.717) is 25.7 Å². The summed E-state index contributed by atoms with van der Waals surface area (Å²) in [4.78, 5) is 92.2. The van der Waals surface area contributed by atoms with Crippen LogP contribution in [0.3, 0.4) is 0 Å². The molecule has 2 heterocycles. The van der Waals surface area contributed by atoms with Gasteiger partial charge in [0.1, 0.15) is 36.5 Å². The Labute approximate surface area is 339 Å². The van der Waals surface area contributed by atoms with Crippen LogP contribution in [0.25, 0.3) is 0 Å². The average molecular weight is 791 g/mol. The highest BCUT2D eigenvalue weighted by molar-refractivity contribution is 6.44. The molecule has 8 atom stereocenters. The quantitative estimate of drug-likeness (QED) is 0.0375. The van der Waals surface area contributed by atoms with Crippen molar-refractivity contribution in [2.75, 3.05) is 20.8 Å². The first-order valence-corrected chi connectivity index (χ1v) is 20.4. The second-order valence-electron chi connectivity index (χ2n) is 15.9. The molecule has 312 valence electrons. The van der Waals surface area contributed by atoms with Crippen LogP contribution in [0.4, 0.5) is 0 Å². The van der Waals surface area contributed by atoms with Crippen LogP contribution >= 0.6 is 0 Å². The summed E-state index contributed by atoms with van der Waals surface area (Å²) in [5, 5.41) is 1.98. The smallest absolute Gasteiger partial charge is 0.316 e. The normalized spacial score (nSPS) is 22.3. The number of unbranched alkanes of at least 4 members (excludes halogenated alkanes) is 1. The number of aromatic nitrogens is 1. The van der Waals surface area contributed by atoms with Gasteiger partial charge in [0.15, 0.2) is 0 Å². The molecule has 1 aliphatic rings. The minimum atomic E-state index is -1.55. The van der Waals surface area contributed by atoms with Crippen molar-refractivity contribution < 1.29 is 47.8 Å². The van der Waals surface area contributed by atoms with E-state index in [1.165, 1.54) is 7.11 Å². The van der Waals surface area contributed by atoms with Gasteiger partial charge in [-0.2, -0.15) is 5.06 Å². The number of methoxy groups -OCH3 is 2. The number of esters is 3. The molecule has 0 amide bonds. The molecule has 8 unspecified atom stereocenters. The van der Waals surface area contributed by atoms with Crippen molar-refractivity contribution in [2.24, 2.45) is 17.8 Å². The third-order valence-electron chi connectivity index (χ3n) is 12.1. The predicted molar refractivity (Wildman–Crippen MR) is 217 cm³/mol. The molecule has 1 aliphatic heterocycles. The SMILES string of the molecule is CCCCOC(=O)C(CC(C)c1ccccc1)C(=O)CC(C(=O)CC(BCC(ON1C(C)(CC)CC(=O)C(C)C1(C)CC)c1ccncc1)C(=O)OC)C(=O)OC. The lowest BCUT2D eigenvalue weighted by Crippen LogP contribution is -2.66. The zero-order valence-corrected chi connectivity index (χ0v) is 35.4. The van der Waals surface area contributed by atoms with Crippen LogP contribution in [-0.2, 0) is 47.8 Å². The maximum Gasteiger partial charge on any atom is 0.316 e. The highest BCUT2D eigenvalue weighted by Gasteiger charge is 2.54. The van der Waals surface area contributed by atoms with Crippen molar-refractivity contribution >= 4 is 42.5 Å². The number of carbonyl (C=O) groups excluding carboxylic acids is 6.